The molecule has 1 aromatic rings. The van der Waals surface area contributed by atoms with Crippen molar-refractivity contribution in [3.63, 3.8) is 0 Å². The molecule has 124 valence electrons. The number of aromatic nitrogens is 2. The molecule has 1 aliphatic rings. The smallest absolute Gasteiger partial charge is 0.319 e. The van der Waals surface area contributed by atoms with Crippen LogP contribution in [0, 0.1) is 0 Å². The Bertz CT molecular complexity index is 484. The summed E-state index contributed by atoms with van der Waals surface area (Å²) in [4.78, 5) is 14.4. The van der Waals surface area contributed by atoms with E-state index >= 15 is 0 Å². The highest BCUT2D eigenvalue weighted by Crippen LogP contribution is 2.20. The number of morpholine rings is 1. The van der Waals surface area contributed by atoms with Gasteiger partial charge in [0, 0.05) is 37.9 Å². The van der Waals surface area contributed by atoms with Crippen molar-refractivity contribution in [1.29, 1.82) is 0 Å². The Morgan fingerprint density at radius 1 is 1.41 bits per heavy atom. The van der Waals surface area contributed by atoms with Crippen LogP contribution < -0.4 is 10.6 Å². The first-order chi connectivity index (χ1) is 10.6. The minimum absolute atomic E-state index is 0.0469. The van der Waals surface area contributed by atoms with Gasteiger partial charge in [-0.05, 0) is 20.3 Å². The molecule has 0 radical (unpaired) electrons. The van der Waals surface area contributed by atoms with Crippen LogP contribution in [-0.2, 0) is 11.3 Å². The van der Waals surface area contributed by atoms with Gasteiger partial charge in [0.25, 0.3) is 0 Å². The Hall–Kier alpha value is -1.60. The number of nitrogens with zero attached hydrogens (tertiary/aromatic N) is 3. The zero-order valence-electron chi connectivity index (χ0n) is 13.8. The molecule has 0 saturated carbocycles. The van der Waals surface area contributed by atoms with Gasteiger partial charge in [-0.1, -0.05) is 6.92 Å². The van der Waals surface area contributed by atoms with Crippen LogP contribution in [-0.4, -0.2) is 59.1 Å². The van der Waals surface area contributed by atoms with Gasteiger partial charge in [0.15, 0.2) is 0 Å². The van der Waals surface area contributed by atoms with Crippen LogP contribution in [0.5, 0.6) is 0 Å². The second-order valence-electron chi connectivity index (χ2n) is 5.84. The molecule has 1 aromatic heterocycles. The molecule has 22 heavy (non-hydrogen) atoms. The Morgan fingerprint density at radius 3 is 2.73 bits per heavy atom. The second kappa shape index (κ2) is 7.60. The van der Waals surface area contributed by atoms with E-state index in [1.54, 1.807) is 10.9 Å². The molecule has 7 nitrogen and oxygen atoms in total. The van der Waals surface area contributed by atoms with E-state index in [0.29, 0.717) is 12.2 Å². The average Bonchev–Trinajstić information content (AvgIpc) is 3.01. The fraction of sp³-hybridized carbons (Fsp3) is 0.733. The predicted octanol–water partition coefficient (Wildman–Crippen LogP) is 1.53. The molecule has 7 heteroatoms. The molecule has 0 spiro atoms. The second-order valence-corrected chi connectivity index (χ2v) is 5.84. The van der Waals surface area contributed by atoms with E-state index in [4.69, 9.17) is 4.74 Å². The number of carbonyl (C=O) groups excluding carboxylic acids is 1. The number of nitrogens with one attached hydrogen (secondary N) is 2. The number of carbonyl (C=O) groups is 1. The fourth-order valence-electron chi connectivity index (χ4n) is 2.61. The average molecular weight is 309 g/mol. The molecule has 0 bridgehead atoms. The van der Waals surface area contributed by atoms with Crippen LogP contribution in [0.4, 0.5) is 10.5 Å². The van der Waals surface area contributed by atoms with Crippen molar-refractivity contribution >= 4 is 11.7 Å². The van der Waals surface area contributed by atoms with Gasteiger partial charge in [0.1, 0.15) is 0 Å². The maximum absolute atomic E-state index is 12.1. The molecular weight excluding hydrogens is 282 g/mol. The summed E-state index contributed by atoms with van der Waals surface area (Å²) < 4.78 is 7.18. The van der Waals surface area contributed by atoms with Gasteiger partial charge < -0.3 is 15.4 Å². The van der Waals surface area contributed by atoms with Crippen LogP contribution >= 0.6 is 0 Å². The fourth-order valence-corrected chi connectivity index (χ4v) is 2.61. The number of anilines is 1. The lowest BCUT2D eigenvalue weighted by Crippen LogP contribution is -2.57. The number of aryl methyl sites for hydroxylation is 1. The van der Waals surface area contributed by atoms with Gasteiger partial charge in [-0.2, -0.15) is 5.10 Å². The molecule has 1 saturated heterocycles. The third-order valence-electron chi connectivity index (χ3n) is 4.38. The van der Waals surface area contributed by atoms with Gasteiger partial charge in [-0.3, -0.25) is 9.58 Å². The molecular formula is C15H27N5O2. The summed E-state index contributed by atoms with van der Waals surface area (Å²) in [5.74, 6) is 0. The number of hydrogen-bond donors (Lipinski definition) is 2. The molecule has 2 N–H and O–H groups in total. The normalized spacial score (nSPS) is 18.7. The number of rotatable bonds is 6. The zero-order valence-corrected chi connectivity index (χ0v) is 13.8. The molecule has 2 heterocycles. The summed E-state index contributed by atoms with van der Waals surface area (Å²) in [6.07, 6.45) is 4.45. The Labute approximate surface area is 132 Å². The first kappa shape index (κ1) is 16.8. The molecule has 0 aliphatic carbocycles. The van der Waals surface area contributed by atoms with Crippen molar-refractivity contribution in [2.24, 2.45) is 0 Å². The highest BCUT2D eigenvalue weighted by Gasteiger charge is 2.31. The van der Waals surface area contributed by atoms with E-state index in [0.717, 1.165) is 39.3 Å². The van der Waals surface area contributed by atoms with Crippen molar-refractivity contribution in [2.45, 2.75) is 39.3 Å². The van der Waals surface area contributed by atoms with Gasteiger partial charge in [0.2, 0.25) is 0 Å². The molecule has 0 aromatic carbocycles. The summed E-state index contributed by atoms with van der Waals surface area (Å²) in [5, 5.41) is 9.94. The van der Waals surface area contributed by atoms with Gasteiger partial charge in [-0.25, -0.2) is 4.79 Å². The maximum Gasteiger partial charge on any atom is 0.319 e. The molecule has 2 amide bonds. The maximum atomic E-state index is 12.1. The Morgan fingerprint density at radius 2 is 2.14 bits per heavy atom. The summed E-state index contributed by atoms with van der Waals surface area (Å²) in [7, 11) is 0. The lowest BCUT2D eigenvalue weighted by Gasteiger charge is -2.43. The monoisotopic (exact) mass is 309 g/mol. The standard InChI is InChI=1S/C15H27N5O2/c1-4-15(3,19-6-8-22-9-7-19)12-16-14(21)18-13-10-17-20(5-2)11-13/h10-11H,4-9,12H2,1-3H3,(H2,16,18,21)/t15-/m0/s1. The SMILES string of the molecule is CCn1cc(NC(=O)NC[C@](C)(CC)N2CCOCC2)cn1. The first-order valence-electron chi connectivity index (χ1n) is 7.97. The molecule has 2 rings (SSSR count). The van der Waals surface area contributed by atoms with Gasteiger partial charge in [0.05, 0.1) is 25.1 Å². The third kappa shape index (κ3) is 4.20. The van der Waals surface area contributed by atoms with E-state index in [9.17, 15) is 4.79 Å². The van der Waals surface area contributed by atoms with Crippen LogP contribution in [0.25, 0.3) is 0 Å². The van der Waals surface area contributed by atoms with Crippen LogP contribution in [0.2, 0.25) is 0 Å². The summed E-state index contributed by atoms with van der Waals surface area (Å²) in [6.45, 7) is 11.1. The number of ether oxygens (including phenoxy) is 1. The van der Waals surface area contributed by atoms with Gasteiger partial charge >= 0.3 is 6.03 Å². The zero-order chi connectivity index (χ0) is 16.0. The van der Waals surface area contributed by atoms with E-state index in [1.807, 2.05) is 13.1 Å². The third-order valence-corrected chi connectivity index (χ3v) is 4.38. The summed E-state index contributed by atoms with van der Waals surface area (Å²) in [5.41, 5.74) is 0.665. The predicted molar refractivity (Wildman–Crippen MR) is 86.0 cm³/mol. The van der Waals surface area contributed by atoms with Crippen molar-refractivity contribution in [3.05, 3.63) is 12.4 Å². The number of amides is 2. The first-order valence-corrected chi connectivity index (χ1v) is 7.97. The molecule has 1 atom stereocenters. The summed E-state index contributed by atoms with van der Waals surface area (Å²) >= 11 is 0. The van der Waals surface area contributed by atoms with E-state index in [-0.39, 0.29) is 11.6 Å². The van der Waals surface area contributed by atoms with Crippen LogP contribution in [0.1, 0.15) is 27.2 Å². The van der Waals surface area contributed by atoms with Crippen LogP contribution in [0.15, 0.2) is 12.4 Å². The highest BCUT2D eigenvalue weighted by molar-refractivity contribution is 5.88. The van der Waals surface area contributed by atoms with Crippen LogP contribution in [0.3, 0.4) is 0 Å². The Kier molecular flexibility index (Phi) is 5.79. The quantitative estimate of drug-likeness (QED) is 0.836. The lowest BCUT2D eigenvalue weighted by atomic mass is 9.95. The Balaban J connectivity index is 1.84. The molecule has 1 fully saturated rings. The number of hydrogen-bond acceptors (Lipinski definition) is 4. The molecule has 0 unspecified atom stereocenters. The van der Waals surface area contributed by atoms with Gasteiger partial charge in [-0.15, -0.1) is 0 Å². The van der Waals surface area contributed by atoms with E-state index in [2.05, 4.69) is 34.5 Å². The van der Waals surface area contributed by atoms with Crippen molar-refractivity contribution in [2.75, 3.05) is 38.2 Å². The van der Waals surface area contributed by atoms with E-state index < -0.39 is 0 Å². The van der Waals surface area contributed by atoms with Crippen molar-refractivity contribution < 1.29 is 9.53 Å². The number of urea groups is 1. The van der Waals surface area contributed by atoms with Crippen molar-refractivity contribution in [1.82, 2.24) is 20.0 Å². The highest BCUT2D eigenvalue weighted by atomic mass is 16.5. The minimum Gasteiger partial charge on any atom is -0.379 e. The topological polar surface area (TPSA) is 71.4 Å². The lowest BCUT2D eigenvalue weighted by molar-refractivity contribution is -0.0163. The van der Waals surface area contributed by atoms with Crippen molar-refractivity contribution in [3.8, 4) is 0 Å². The molecule has 1 aliphatic heterocycles. The van der Waals surface area contributed by atoms with E-state index in [1.165, 1.54) is 0 Å². The largest absolute Gasteiger partial charge is 0.379 e. The summed E-state index contributed by atoms with van der Waals surface area (Å²) in [6, 6.07) is -0.191. The minimum atomic E-state index is -0.191.